The highest BCUT2D eigenvalue weighted by Crippen LogP contribution is 2.31. The van der Waals surface area contributed by atoms with Crippen molar-refractivity contribution >= 4 is 27.4 Å². The summed E-state index contributed by atoms with van der Waals surface area (Å²) in [6.07, 6.45) is 4.33. The van der Waals surface area contributed by atoms with E-state index in [1.807, 2.05) is 38.4 Å². The predicted molar refractivity (Wildman–Crippen MR) is 116 cm³/mol. The fourth-order valence-electron chi connectivity index (χ4n) is 2.83. The Morgan fingerprint density at radius 2 is 1.93 bits per heavy atom. The van der Waals surface area contributed by atoms with Crippen LogP contribution in [0.5, 0.6) is 5.75 Å². The number of rotatable bonds is 9. The molecule has 0 radical (unpaired) electrons. The first-order valence-electron chi connectivity index (χ1n) is 9.38. The molecule has 0 aliphatic carbocycles. The van der Waals surface area contributed by atoms with Crippen molar-refractivity contribution in [3.63, 3.8) is 0 Å². The number of hydrogen-bond acceptors (Lipinski definition) is 4. The van der Waals surface area contributed by atoms with E-state index in [2.05, 4.69) is 55.8 Å². The summed E-state index contributed by atoms with van der Waals surface area (Å²) in [4.78, 5) is 6.96. The number of anilines is 1. The van der Waals surface area contributed by atoms with Crippen LogP contribution in [-0.2, 0) is 0 Å². The Bertz CT molecular complexity index is 874. The molecule has 0 aliphatic rings. The van der Waals surface area contributed by atoms with Crippen molar-refractivity contribution in [3.8, 4) is 17.0 Å². The summed E-state index contributed by atoms with van der Waals surface area (Å²) in [5.41, 5.74) is 2.97. The van der Waals surface area contributed by atoms with Crippen molar-refractivity contribution < 1.29 is 4.74 Å². The van der Waals surface area contributed by atoms with Gasteiger partial charge in [-0.25, -0.2) is 4.98 Å². The van der Waals surface area contributed by atoms with Gasteiger partial charge in [0.1, 0.15) is 29.5 Å². The molecule has 1 aromatic carbocycles. The normalized spacial score (nSPS) is 11.3. The lowest BCUT2D eigenvalue weighted by molar-refractivity contribution is 0.261. The fraction of sp³-hybridized carbons (Fsp3) is 0.381. The lowest BCUT2D eigenvalue weighted by Gasteiger charge is -2.11. The topological polar surface area (TPSA) is 41.8 Å². The molecule has 2 aromatic heterocycles. The maximum Gasteiger partial charge on any atom is 0.139 e. The quantitative estimate of drug-likeness (QED) is 0.489. The van der Waals surface area contributed by atoms with E-state index in [1.165, 1.54) is 0 Å². The number of halogens is 1. The highest BCUT2D eigenvalue weighted by molar-refractivity contribution is 9.10. The van der Waals surface area contributed by atoms with Crippen LogP contribution in [-0.4, -0.2) is 48.1 Å². The lowest BCUT2D eigenvalue weighted by Crippen LogP contribution is -2.19. The van der Waals surface area contributed by atoms with Crippen LogP contribution in [0.3, 0.4) is 0 Å². The summed E-state index contributed by atoms with van der Waals surface area (Å²) in [7, 11) is 4.09. The summed E-state index contributed by atoms with van der Waals surface area (Å²) < 4.78 is 8.94. The summed E-state index contributed by atoms with van der Waals surface area (Å²) >= 11 is 3.56. The largest absolute Gasteiger partial charge is 0.492 e. The Morgan fingerprint density at radius 3 is 2.63 bits per heavy atom. The number of aromatic nitrogens is 2. The summed E-state index contributed by atoms with van der Waals surface area (Å²) in [5, 5.41) is 3.57. The van der Waals surface area contributed by atoms with Crippen molar-refractivity contribution in [2.45, 2.75) is 19.8 Å². The van der Waals surface area contributed by atoms with Gasteiger partial charge in [0, 0.05) is 29.3 Å². The van der Waals surface area contributed by atoms with Crippen molar-refractivity contribution in [1.82, 2.24) is 14.3 Å². The Balaban J connectivity index is 1.87. The van der Waals surface area contributed by atoms with Gasteiger partial charge in [0.2, 0.25) is 0 Å². The zero-order valence-electron chi connectivity index (χ0n) is 16.2. The SMILES string of the molecule is CCCCNc1c(-c2ccc(OCCN(C)C)cc2)nc2ccc(Br)cn12. The van der Waals surface area contributed by atoms with E-state index < -0.39 is 0 Å². The molecule has 0 unspecified atom stereocenters. The molecule has 27 heavy (non-hydrogen) atoms. The highest BCUT2D eigenvalue weighted by Gasteiger charge is 2.14. The molecular formula is C21H27BrN4O. The first kappa shape index (κ1) is 19.7. The average Bonchev–Trinajstić information content (AvgIpc) is 3.00. The second-order valence-corrected chi connectivity index (χ2v) is 7.76. The minimum atomic E-state index is 0.679. The fourth-order valence-corrected chi connectivity index (χ4v) is 3.16. The van der Waals surface area contributed by atoms with Gasteiger partial charge in [0.25, 0.3) is 0 Å². The number of nitrogens with zero attached hydrogens (tertiary/aromatic N) is 3. The minimum absolute atomic E-state index is 0.679. The number of pyridine rings is 1. The zero-order chi connectivity index (χ0) is 19.2. The van der Waals surface area contributed by atoms with Crippen molar-refractivity contribution in [1.29, 1.82) is 0 Å². The molecule has 0 saturated carbocycles. The van der Waals surface area contributed by atoms with Gasteiger partial charge in [0.15, 0.2) is 0 Å². The Kier molecular flexibility index (Phi) is 6.74. The van der Waals surface area contributed by atoms with E-state index in [0.29, 0.717) is 6.61 Å². The van der Waals surface area contributed by atoms with Crippen LogP contribution in [0.2, 0.25) is 0 Å². The third kappa shape index (κ3) is 5.02. The molecule has 0 bridgehead atoms. The maximum atomic E-state index is 5.80. The number of fused-ring (bicyclic) bond motifs is 1. The van der Waals surface area contributed by atoms with Crippen molar-refractivity contribution in [2.24, 2.45) is 0 Å². The molecule has 1 N–H and O–H groups in total. The van der Waals surface area contributed by atoms with E-state index in [4.69, 9.17) is 9.72 Å². The molecular weight excluding hydrogens is 404 g/mol. The third-order valence-electron chi connectivity index (χ3n) is 4.34. The highest BCUT2D eigenvalue weighted by atomic mass is 79.9. The second-order valence-electron chi connectivity index (χ2n) is 6.84. The molecule has 2 heterocycles. The van der Waals surface area contributed by atoms with E-state index in [0.717, 1.165) is 58.9 Å². The first-order chi connectivity index (χ1) is 13.1. The predicted octanol–water partition coefficient (Wildman–Crippen LogP) is 4.92. The van der Waals surface area contributed by atoms with Crippen LogP contribution in [0.25, 0.3) is 16.9 Å². The van der Waals surface area contributed by atoms with Crippen LogP contribution < -0.4 is 10.1 Å². The van der Waals surface area contributed by atoms with Gasteiger partial charge < -0.3 is 15.0 Å². The Hall–Kier alpha value is -2.05. The molecule has 3 rings (SSSR count). The van der Waals surface area contributed by atoms with Gasteiger partial charge in [0.05, 0.1) is 0 Å². The summed E-state index contributed by atoms with van der Waals surface area (Å²) in [5.74, 6) is 1.91. The average molecular weight is 431 g/mol. The maximum absolute atomic E-state index is 5.80. The molecule has 0 amide bonds. The van der Waals surface area contributed by atoms with Gasteiger partial charge in [-0.15, -0.1) is 0 Å². The molecule has 0 aliphatic heterocycles. The van der Waals surface area contributed by atoms with E-state index >= 15 is 0 Å². The van der Waals surface area contributed by atoms with Crippen LogP contribution in [0.1, 0.15) is 19.8 Å². The van der Waals surface area contributed by atoms with E-state index in [-0.39, 0.29) is 0 Å². The van der Waals surface area contributed by atoms with E-state index in [1.54, 1.807) is 0 Å². The number of unbranched alkanes of at least 4 members (excludes halogenated alkanes) is 1. The monoisotopic (exact) mass is 430 g/mol. The van der Waals surface area contributed by atoms with Gasteiger partial charge >= 0.3 is 0 Å². The van der Waals surface area contributed by atoms with Gasteiger partial charge in [-0.1, -0.05) is 13.3 Å². The number of ether oxygens (including phenoxy) is 1. The minimum Gasteiger partial charge on any atom is -0.492 e. The van der Waals surface area contributed by atoms with Gasteiger partial charge in [-0.2, -0.15) is 0 Å². The lowest BCUT2D eigenvalue weighted by atomic mass is 10.1. The number of benzene rings is 1. The molecule has 0 atom stereocenters. The molecule has 0 spiro atoms. The Morgan fingerprint density at radius 1 is 1.15 bits per heavy atom. The standard InChI is InChI=1S/C21H27BrN4O/c1-4-5-12-23-21-20(24-19-11-8-17(22)15-26(19)21)16-6-9-18(10-7-16)27-14-13-25(2)3/h6-11,15,23H,4-5,12-14H2,1-3H3. The molecule has 6 heteroatoms. The van der Waals surface area contributed by atoms with Crippen LogP contribution in [0.4, 0.5) is 5.82 Å². The molecule has 0 saturated heterocycles. The number of nitrogens with one attached hydrogen (secondary N) is 1. The second kappa shape index (κ2) is 9.24. The number of hydrogen-bond donors (Lipinski definition) is 1. The van der Waals surface area contributed by atoms with Crippen LogP contribution >= 0.6 is 15.9 Å². The molecule has 144 valence electrons. The molecule has 0 fully saturated rings. The third-order valence-corrected chi connectivity index (χ3v) is 4.81. The molecule has 3 aromatic rings. The van der Waals surface area contributed by atoms with Crippen LogP contribution in [0.15, 0.2) is 47.1 Å². The zero-order valence-corrected chi connectivity index (χ0v) is 17.8. The first-order valence-corrected chi connectivity index (χ1v) is 10.2. The Labute approximate surface area is 169 Å². The van der Waals surface area contributed by atoms with Crippen LogP contribution in [0, 0.1) is 0 Å². The van der Waals surface area contributed by atoms with Gasteiger partial charge in [-0.05, 0) is 72.8 Å². The van der Waals surface area contributed by atoms with E-state index in [9.17, 15) is 0 Å². The number of likely N-dealkylation sites (N-methyl/N-ethyl adjacent to an activating group) is 1. The van der Waals surface area contributed by atoms with Crippen molar-refractivity contribution in [3.05, 3.63) is 47.1 Å². The molecule has 5 nitrogen and oxygen atoms in total. The van der Waals surface area contributed by atoms with Gasteiger partial charge in [-0.3, -0.25) is 4.40 Å². The smallest absolute Gasteiger partial charge is 0.139 e. The summed E-state index contributed by atoms with van der Waals surface area (Å²) in [6.45, 7) is 4.70. The van der Waals surface area contributed by atoms with Crippen molar-refractivity contribution in [2.75, 3.05) is 39.1 Å². The summed E-state index contributed by atoms with van der Waals surface area (Å²) in [6, 6.07) is 12.2. The number of imidazole rings is 1.